The van der Waals surface area contributed by atoms with Crippen LogP contribution in [0.3, 0.4) is 0 Å². The van der Waals surface area contributed by atoms with Gasteiger partial charge in [-0.2, -0.15) is 0 Å². The number of nitrogens with one attached hydrogen (secondary N) is 1. The molecule has 21 heavy (non-hydrogen) atoms. The molecule has 2 rings (SSSR count). The monoisotopic (exact) mass is 308 g/mol. The minimum absolute atomic E-state index is 0.0795. The van der Waals surface area contributed by atoms with Crippen LogP contribution in [-0.4, -0.2) is 30.3 Å². The molecule has 1 aromatic heterocycles. The lowest BCUT2D eigenvalue weighted by atomic mass is 10.2. The van der Waals surface area contributed by atoms with Gasteiger partial charge in [0.2, 0.25) is 0 Å². The Hall–Kier alpha value is -2.28. The van der Waals surface area contributed by atoms with E-state index in [1.807, 2.05) is 17.5 Å². The fourth-order valence-corrected chi connectivity index (χ4v) is 2.48. The van der Waals surface area contributed by atoms with Crippen LogP contribution in [0.2, 0.25) is 0 Å². The molecule has 2 aromatic rings. The minimum Gasteiger partial charge on any atom is -0.497 e. The Bertz CT molecular complexity index is 605. The van der Waals surface area contributed by atoms with Crippen LogP contribution in [0.15, 0.2) is 23.6 Å². The summed E-state index contributed by atoms with van der Waals surface area (Å²) in [5.74, 6) is 0.536. The van der Waals surface area contributed by atoms with E-state index >= 15 is 0 Å². The third-order valence-corrected chi connectivity index (χ3v) is 3.56. The SMILES string of the molecule is COc1cc(Nc2nc(CCC(=O)O)cs2)cc(OC)c1. The summed E-state index contributed by atoms with van der Waals surface area (Å²) in [4.78, 5) is 14.9. The van der Waals surface area contributed by atoms with E-state index in [2.05, 4.69) is 10.3 Å². The molecule has 1 heterocycles. The average Bonchev–Trinajstić information content (AvgIpc) is 2.92. The van der Waals surface area contributed by atoms with Gasteiger partial charge in [0, 0.05) is 35.7 Å². The predicted octanol–water partition coefficient (Wildman–Crippen LogP) is 2.92. The van der Waals surface area contributed by atoms with Crippen LogP contribution >= 0.6 is 11.3 Å². The third-order valence-electron chi connectivity index (χ3n) is 2.75. The number of hydrogen-bond donors (Lipinski definition) is 2. The van der Waals surface area contributed by atoms with Crippen molar-refractivity contribution in [3.05, 3.63) is 29.3 Å². The Morgan fingerprint density at radius 3 is 2.52 bits per heavy atom. The number of thiazole rings is 1. The van der Waals surface area contributed by atoms with Gasteiger partial charge in [0.1, 0.15) is 11.5 Å². The van der Waals surface area contributed by atoms with Crippen molar-refractivity contribution in [3.63, 3.8) is 0 Å². The van der Waals surface area contributed by atoms with E-state index in [9.17, 15) is 4.79 Å². The smallest absolute Gasteiger partial charge is 0.303 e. The van der Waals surface area contributed by atoms with Crippen molar-refractivity contribution in [1.29, 1.82) is 0 Å². The number of methoxy groups -OCH3 is 2. The number of nitrogens with zero attached hydrogens (tertiary/aromatic N) is 1. The van der Waals surface area contributed by atoms with Gasteiger partial charge in [0.25, 0.3) is 0 Å². The lowest BCUT2D eigenvalue weighted by molar-refractivity contribution is -0.136. The lowest BCUT2D eigenvalue weighted by Crippen LogP contribution is -1.98. The number of hydrogen-bond acceptors (Lipinski definition) is 6. The molecule has 0 aliphatic rings. The fraction of sp³-hybridized carbons (Fsp3) is 0.286. The van der Waals surface area contributed by atoms with Gasteiger partial charge in [0.05, 0.1) is 26.3 Å². The number of carboxylic acids is 1. The molecule has 0 radical (unpaired) electrons. The van der Waals surface area contributed by atoms with Crippen molar-refractivity contribution in [3.8, 4) is 11.5 Å². The van der Waals surface area contributed by atoms with Crippen molar-refractivity contribution in [2.45, 2.75) is 12.8 Å². The van der Waals surface area contributed by atoms with E-state index in [-0.39, 0.29) is 6.42 Å². The van der Waals surface area contributed by atoms with Crippen molar-refractivity contribution >= 4 is 28.1 Å². The quantitative estimate of drug-likeness (QED) is 0.818. The normalized spacial score (nSPS) is 10.2. The highest BCUT2D eigenvalue weighted by Gasteiger charge is 2.07. The maximum atomic E-state index is 10.5. The number of ether oxygens (including phenoxy) is 2. The molecule has 112 valence electrons. The first kappa shape index (κ1) is 15.1. The molecular formula is C14H16N2O4S. The molecule has 0 saturated carbocycles. The molecule has 0 amide bonds. The second-order valence-electron chi connectivity index (χ2n) is 4.26. The zero-order valence-corrected chi connectivity index (χ0v) is 12.6. The number of carboxylic acid groups (broad SMARTS) is 1. The highest BCUT2D eigenvalue weighted by molar-refractivity contribution is 7.13. The molecule has 7 heteroatoms. The second-order valence-corrected chi connectivity index (χ2v) is 5.12. The van der Waals surface area contributed by atoms with Crippen LogP contribution in [0.25, 0.3) is 0 Å². The molecular weight excluding hydrogens is 292 g/mol. The van der Waals surface area contributed by atoms with Gasteiger partial charge in [0.15, 0.2) is 5.13 Å². The Morgan fingerprint density at radius 2 is 1.95 bits per heavy atom. The van der Waals surface area contributed by atoms with Crippen molar-refractivity contribution in [2.24, 2.45) is 0 Å². The zero-order chi connectivity index (χ0) is 15.2. The topological polar surface area (TPSA) is 80.7 Å². The summed E-state index contributed by atoms with van der Waals surface area (Å²) in [5.41, 5.74) is 1.56. The van der Waals surface area contributed by atoms with Crippen molar-refractivity contribution in [2.75, 3.05) is 19.5 Å². The van der Waals surface area contributed by atoms with Crippen LogP contribution in [-0.2, 0) is 11.2 Å². The second kappa shape index (κ2) is 6.94. The van der Waals surface area contributed by atoms with Gasteiger partial charge >= 0.3 is 5.97 Å². The summed E-state index contributed by atoms with van der Waals surface area (Å²) in [6.45, 7) is 0. The van der Waals surface area contributed by atoms with Gasteiger partial charge in [-0.15, -0.1) is 11.3 Å². The molecule has 6 nitrogen and oxygen atoms in total. The first-order valence-corrected chi connectivity index (χ1v) is 7.15. The maximum Gasteiger partial charge on any atom is 0.303 e. The molecule has 2 N–H and O–H groups in total. The Labute approximate surface area is 126 Å². The fourth-order valence-electron chi connectivity index (χ4n) is 1.72. The molecule has 0 spiro atoms. The number of aliphatic carboxylic acids is 1. The summed E-state index contributed by atoms with van der Waals surface area (Å²) in [6.07, 6.45) is 0.505. The molecule has 0 unspecified atom stereocenters. The Kier molecular flexibility index (Phi) is 4.99. The largest absolute Gasteiger partial charge is 0.497 e. The number of benzene rings is 1. The van der Waals surface area contributed by atoms with E-state index in [0.717, 1.165) is 11.4 Å². The van der Waals surface area contributed by atoms with E-state index in [1.165, 1.54) is 11.3 Å². The molecule has 0 saturated heterocycles. The minimum atomic E-state index is -0.824. The summed E-state index contributed by atoms with van der Waals surface area (Å²) >= 11 is 1.43. The highest BCUT2D eigenvalue weighted by atomic mass is 32.1. The zero-order valence-electron chi connectivity index (χ0n) is 11.8. The average molecular weight is 308 g/mol. The van der Waals surface area contributed by atoms with Gasteiger partial charge < -0.3 is 19.9 Å². The first-order valence-electron chi connectivity index (χ1n) is 6.27. The van der Waals surface area contributed by atoms with Crippen LogP contribution in [0.5, 0.6) is 11.5 Å². The summed E-state index contributed by atoms with van der Waals surface area (Å²) in [7, 11) is 3.18. The number of rotatable bonds is 7. The van der Waals surface area contributed by atoms with E-state index in [1.54, 1.807) is 20.3 Å². The van der Waals surface area contributed by atoms with E-state index in [4.69, 9.17) is 14.6 Å². The van der Waals surface area contributed by atoms with Crippen LogP contribution in [0, 0.1) is 0 Å². The Balaban J connectivity index is 2.09. The van der Waals surface area contributed by atoms with Crippen molar-refractivity contribution < 1.29 is 19.4 Å². The highest BCUT2D eigenvalue weighted by Crippen LogP contribution is 2.29. The first-order chi connectivity index (χ1) is 10.1. The Morgan fingerprint density at radius 1 is 1.29 bits per heavy atom. The molecule has 0 fully saturated rings. The van der Waals surface area contributed by atoms with Gasteiger partial charge in [-0.1, -0.05) is 0 Å². The lowest BCUT2D eigenvalue weighted by Gasteiger charge is -2.08. The van der Waals surface area contributed by atoms with Gasteiger partial charge in [-0.05, 0) is 0 Å². The number of carbonyl (C=O) groups is 1. The standard InChI is InChI=1S/C14H16N2O4S/c1-19-11-5-10(6-12(7-11)20-2)16-14-15-9(8-21-14)3-4-13(17)18/h5-8H,3-4H2,1-2H3,(H,15,16)(H,17,18). The summed E-state index contributed by atoms with van der Waals surface area (Å²) in [5, 5.41) is 14.4. The number of aryl methyl sites for hydroxylation is 1. The maximum absolute atomic E-state index is 10.5. The number of anilines is 2. The number of aromatic nitrogens is 1. The third kappa shape index (κ3) is 4.35. The van der Waals surface area contributed by atoms with Crippen LogP contribution in [0.4, 0.5) is 10.8 Å². The molecule has 0 aliphatic carbocycles. The van der Waals surface area contributed by atoms with Crippen LogP contribution < -0.4 is 14.8 Å². The van der Waals surface area contributed by atoms with Gasteiger partial charge in [-0.25, -0.2) is 4.98 Å². The summed E-state index contributed by atoms with van der Waals surface area (Å²) in [6, 6.07) is 5.45. The predicted molar refractivity (Wildman–Crippen MR) is 80.9 cm³/mol. The molecule has 0 aliphatic heterocycles. The molecule has 0 bridgehead atoms. The summed E-state index contributed by atoms with van der Waals surface area (Å²) < 4.78 is 10.4. The molecule has 0 atom stereocenters. The molecule has 1 aromatic carbocycles. The van der Waals surface area contributed by atoms with Crippen LogP contribution in [0.1, 0.15) is 12.1 Å². The van der Waals surface area contributed by atoms with Crippen molar-refractivity contribution in [1.82, 2.24) is 4.98 Å². The van der Waals surface area contributed by atoms with E-state index in [0.29, 0.717) is 23.1 Å². The van der Waals surface area contributed by atoms with E-state index < -0.39 is 5.97 Å². The van der Waals surface area contributed by atoms with Gasteiger partial charge in [-0.3, -0.25) is 4.79 Å².